The standard InChI is InChI=1S/C12H15ClN4O2S2/c13-11-3-4-12(20-11)21(18,19)17-5-1-2-10(7-17)6-16-9-14-8-15-16/h3-4,8-10H,1-2,5-7H2/t10-/m0/s1. The quantitative estimate of drug-likeness (QED) is 0.850. The molecule has 1 fully saturated rings. The molecule has 21 heavy (non-hydrogen) atoms. The van der Waals surface area contributed by atoms with Gasteiger partial charge in [0.15, 0.2) is 0 Å². The van der Waals surface area contributed by atoms with Crippen molar-refractivity contribution in [2.75, 3.05) is 13.1 Å². The highest BCUT2D eigenvalue weighted by Gasteiger charge is 2.31. The van der Waals surface area contributed by atoms with Crippen LogP contribution in [-0.4, -0.2) is 40.6 Å². The molecule has 0 saturated carbocycles. The summed E-state index contributed by atoms with van der Waals surface area (Å²) in [6.45, 7) is 1.76. The van der Waals surface area contributed by atoms with Crippen LogP contribution in [0, 0.1) is 5.92 Å². The summed E-state index contributed by atoms with van der Waals surface area (Å²) in [5.41, 5.74) is 0. The highest BCUT2D eigenvalue weighted by Crippen LogP contribution is 2.30. The van der Waals surface area contributed by atoms with Crippen molar-refractivity contribution in [2.24, 2.45) is 5.92 Å². The largest absolute Gasteiger partial charge is 0.253 e. The lowest BCUT2D eigenvalue weighted by molar-refractivity contribution is 0.240. The van der Waals surface area contributed by atoms with Gasteiger partial charge in [0.05, 0.1) is 4.34 Å². The normalized spacial score (nSPS) is 20.7. The number of thiophene rings is 1. The third-order valence-corrected chi connectivity index (χ3v) is 7.10. The molecule has 0 bridgehead atoms. The number of piperidine rings is 1. The van der Waals surface area contributed by atoms with Gasteiger partial charge in [0, 0.05) is 19.6 Å². The zero-order chi connectivity index (χ0) is 14.9. The summed E-state index contributed by atoms with van der Waals surface area (Å²) in [5, 5.41) is 4.08. The summed E-state index contributed by atoms with van der Waals surface area (Å²) >= 11 is 6.95. The predicted octanol–water partition coefficient (Wildman–Crippen LogP) is 2.09. The first-order chi connectivity index (χ1) is 10.1. The molecule has 0 aliphatic carbocycles. The Morgan fingerprint density at radius 1 is 1.43 bits per heavy atom. The highest BCUT2D eigenvalue weighted by atomic mass is 35.5. The molecule has 2 aromatic rings. The Labute approximate surface area is 132 Å². The molecule has 1 aliphatic rings. The molecular weight excluding hydrogens is 332 g/mol. The first-order valence-electron chi connectivity index (χ1n) is 6.63. The van der Waals surface area contributed by atoms with Gasteiger partial charge in [-0.1, -0.05) is 11.6 Å². The summed E-state index contributed by atoms with van der Waals surface area (Å²) in [4.78, 5) is 3.91. The van der Waals surface area contributed by atoms with E-state index in [9.17, 15) is 8.42 Å². The molecule has 1 atom stereocenters. The van der Waals surface area contributed by atoms with Crippen LogP contribution < -0.4 is 0 Å². The van der Waals surface area contributed by atoms with Gasteiger partial charge in [0.2, 0.25) is 0 Å². The van der Waals surface area contributed by atoms with Crippen LogP contribution in [0.15, 0.2) is 29.0 Å². The molecule has 0 unspecified atom stereocenters. The van der Waals surface area contributed by atoms with Crippen molar-refractivity contribution in [3.05, 3.63) is 29.1 Å². The second kappa shape index (κ2) is 6.04. The summed E-state index contributed by atoms with van der Waals surface area (Å²) in [6.07, 6.45) is 5.01. The maximum Gasteiger partial charge on any atom is 0.252 e. The fraction of sp³-hybridized carbons (Fsp3) is 0.500. The molecule has 6 nitrogen and oxygen atoms in total. The molecule has 3 rings (SSSR count). The maximum atomic E-state index is 12.6. The van der Waals surface area contributed by atoms with Crippen LogP contribution in [0.4, 0.5) is 0 Å². The Morgan fingerprint density at radius 3 is 2.95 bits per heavy atom. The fourth-order valence-electron chi connectivity index (χ4n) is 2.55. The van der Waals surface area contributed by atoms with Crippen LogP contribution in [0.1, 0.15) is 12.8 Å². The summed E-state index contributed by atoms with van der Waals surface area (Å²) in [6, 6.07) is 3.19. The van der Waals surface area contributed by atoms with Gasteiger partial charge in [-0.3, -0.25) is 4.68 Å². The van der Waals surface area contributed by atoms with Crippen molar-refractivity contribution >= 4 is 33.0 Å². The minimum absolute atomic E-state index is 0.255. The van der Waals surface area contributed by atoms with Crippen LogP contribution >= 0.6 is 22.9 Å². The van der Waals surface area contributed by atoms with E-state index in [-0.39, 0.29) is 5.92 Å². The Hall–Kier alpha value is -0.960. The van der Waals surface area contributed by atoms with Crippen LogP contribution in [0.3, 0.4) is 0 Å². The van der Waals surface area contributed by atoms with Crippen molar-refractivity contribution in [3.8, 4) is 0 Å². The van der Waals surface area contributed by atoms with E-state index in [1.807, 2.05) is 0 Å². The molecule has 0 spiro atoms. The van der Waals surface area contributed by atoms with E-state index >= 15 is 0 Å². The average Bonchev–Trinajstić information content (AvgIpc) is 3.11. The lowest BCUT2D eigenvalue weighted by atomic mass is 10.00. The first-order valence-corrected chi connectivity index (χ1v) is 9.27. The van der Waals surface area contributed by atoms with Crippen molar-refractivity contribution < 1.29 is 8.42 Å². The molecule has 0 amide bonds. The number of nitrogens with zero attached hydrogens (tertiary/aromatic N) is 4. The molecule has 1 saturated heterocycles. The van der Waals surface area contributed by atoms with Gasteiger partial charge in [-0.25, -0.2) is 13.4 Å². The number of halogens is 1. The number of hydrogen-bond donors (Lipinski definition) is 0. The van der Waals surface area contributed by atoms with Crippen LogP contribution in [0.5, 0.6) is 0 Å². The van der Waals surface area contributed by atoms with Gasteiger partial charge in [0.25, 0.3) is 10.0 Å². The number of hydrogen-bond acceptors (Lipinski definition) is 5. The van der Waals surface area contributed by atoms with Crippen LogP contribution in [0.2, 0.25) is 4.34 Å². The van der Waals surface area contributed by atoms with Gasteiger partial charge < -0.3 is 0 Å². The van der Waals surface area contributed by atoms with Crippen molar-refractivity contribution in [3.63, 3.8) is 0 Å². The van der Waals surface area contributed by atoms with Crippen LogP contribution in [-0.2, 0) is 16.6 Å². The van der Waals surface area contributed by atoms with E-state index < -0.39 is 10.0 Å². The maximum absolute atomic E-state index is 12.6. The van der Waals surface area contributed by atoms with Crippen molar-refractivity contribution in [1.29, 1.82) is 0 Å². The SMILES string of the molecule is O=S(=O)(c1ccc(Cl)s1)N1CCC[C@@H](Cn2cncn2)C1. The highest BCUT2D eigenvalue weighted by molar-refractivity contribution is 7.91. The topological polar surface area (TPSA) is 68.1 Å². The average molecular weight is 347 g/mol. The van der Waals surface area contributed by atoms with Gasteiger partial charge in [-0.05, 0) is 30.9 Å². The molecule has 0 N–H and O–H groups in total. The summed E-state index contributed by atoms with van der Waals surface area (Å²) < 4.78 is 29.3. The molecule has 9 heteroatoms. The van der Waals surface area contributed by atoms with E-state index in [0.717, 1.165) is 24.2 Å². The van der Waals surface area contributed by atoms with Crippen molar-refractivity contribution in [2.45, 2.75) is 23.6 Å². The third kappa shape index (κ3) is 3.28. The Kier molecular flexibility index (Phi) is 4.30. The predicted molar refractivity (Wildman–Crippen MR) is 80.8 cm³/mol. The zero-order valence-electron chi connectivity index (χ0n) is 11.2. The Morgan fingerprint density at radius 2 is 2.29 bits per heavy atom. The van der Waals surface area contributed by atoms with Gasteiger partial charge in [0.1, 0.15) is 16.9 Å². The fourth-order valence-corrected chi connectivity index (χ4v) is 5.74. The Balaban J connectivity index is 1.73. The lowest BCUT2D eigenvalue weighted by Crippen LogP contribution is -2.40. The molecule has 114 valence electrons. The number of sulfonamides is 1. The minimum atomic E-state index is -3.43. The van der Waals surface area contributed by atoms with Gasteiger partial charge in [-0.15, -0.1) is 11.3 Å². The molecule has 3 heterocycles. The van der Waals surface area contributed by atoms with E-state index in [1.54, 1.807) is 27.4 Å². The number of aromatic nitrogens is 3. The Bertz CT molecular complexity index is 699. The first kappa shape index (κ1) is 15.0. The zero-order valence-corrected chi connectivity index (χ0v) is 13.6. The van der Waals surface area contributed by atoms with Crippen LogP contribution in [0.25, 0.3) is 0 Å². The molecule has 0 radical (unpaired) electrons. The minimum Gasteiger partial charge on any atom is -0.253 e. The summed E-state index contributed by atoms with van der Waals surface area (Å²) in [7, 11) is -3.43. The second-order valence-electron chi connectivity index (χ2n) is 5.05. The molecule has 1 aliphatic heterocycles. The van der Waals surface area contributed by atoms with E-state index in [4.69, 9.17) is 11.6 Å². The van der Waals surface area contributed by atoms with E-state index in [2.05, 4.69) is 10.1 Å². The second-order valence-corrected chi connectivity index (χ2v) is 8.93. The lowest BCUT2D eigenvalue weighted by Gasteiger charge is -2.31. The monoisotopic (exact) mass is 346 g/mol. The smallest absolute Gasteiger partial charge is 0.252 e. The summed E-state index contributed by atoms with van der Waals surface area (Å²) in [5.74, 6) is 0.255. The molecule has 0 aromatic carbocycles. The van der Waals surface area contributed by atoms with Crippen molar-refractivity contribution in [1.82, 2.24) is 19.1 Å². The molecular formula is C12H15ClN4O2S2. The van der Waals surface area contributed by atoms with Gasteiger partial charge in [-0.2, -0.15) is 9.40 Å². The molecule has 2 aromatic heterocycles. The van der Waals surface area contributed by atoms with E-state index in [0.29, 0.717) is 28.2 Å². The van der Waals surface area contributed by atoms with E-state index in [1.165, 1.54) is 6.33 Å². The third-order valence-electron chi connectivity index (χ3n) is 3.54. The number of rotatable bonds is 4. The van der Waals surface area contributed by atoms with Gasteiger partial charge >= 0.3 is 0 Å².